The molecule has 138 valence electrons. The predicted molar refractivity (Wildman–Crippen MR) is 87.9 cm³/mol. The van der Waals surface area contributed by atoms with Crippen LogP contribution in [0.25, 0.3) is 0 Å². The number of nitrogens with one attached hydrogen (secondary N) is 1. The van der Waals surface area contributed by atoms with Crippen LogP contribution in [0.4, 0.5) is 24.7 Å². The lowest BCUT2D eigenvalue weighted by atomic mass is 10.0. The molecule has 1 amide bonds. The number of fused-ring (bicyclic) bond motifs is 2. The summed E-state index contributed by atoms with van der Waals surface area (Å²) < 4.78 is 39.3. The van der Waals surface area contributed by atoms with E-state index in [0.717, 1.165) is 29.3 Å². The van der Waals surface area contributed by atoms with Crippen LogP contribution in [0.15, 0.2) is 12.3 Å². The maximum atomic E-state index is 13.1. The van der Waals surface area contributed by atoms with Crippen LogP contribution in [-0.2, 0) is 30.4 Å². The molecular formula is C17H18F3N5O. The molecule has 4 heterocycles. The van der Waals surface area contributed by atoms with E-state index in [4.69, 9.17) is 0 Å². The van der Waals surface area contributed by atoms with Crippen molar-refractivity contribution in [2.75, 3.05) is 18.0 Å². The van der Waals surface area contributed by atoms with Crippen molar-refractivity contribution in [1.82, 2.24) is 20.1 Å². The number of rotatable bonds is 1. The standard InChI is InChI=1S/C17H18F3N5O/c1-10(26)24-6-4-13-12(9-24)16(23-22-13)25-5-2-3-11-8-21-15(7-14(11)25)17(18,19)20/h7-8H,2-6,9H2,1H3,(H,22,23). The van der Waals surface area contributed by atoms with Gasteiger partial charge in [-0.1, -0.05) is 0 Å². The van der Waals surface area contributed by atoms with Crippen LogP contribution in [0.1, 0.15) is 35.9 Å². The number of alkyl halides is 3. The molecule has 0 saturated carbocycles. The van der Waals surface area contributed by atoms with Crippen molar-refractivity contribution in [3.05, 3.63) is 34.8 Å². The topological polar surface area (TPSA) is 65.1 Å². The molecule has 0 spiro atoms. The molecule has 26 heavy (non-hydrogen) atoms. The molecule has 2 aromatic rings. The average Bonchev–Trinajstić information content (AvgIpc) is 3.02. The van der Waals surface area contributed by atoms with Crippen LogP contribution in [0.3, 0.4) is 0 Å². The first-order valence-corrected chi connectivity index (χ1v) is 8.50. The van der Waals surface area contributed by atoms with Crippen LogP contribution in [0, 0.1) is 0 Å². The van der Waals surface area contributed by atoms with Gasteiger partial charge in [-0.2, -0.15) is 18.3 Å². The second kappa shape index (κ2) is 6.00. The normalized spacial score (nSPS) is 17.1. The second-order valence-electron chi connectivity index (χ2n) is 6.65. The Morgan fingerprint density at radius 3 is 2.81 bits per heavy atom. The van der Waals surface area contributed by atoms with Crippen molar-refractivity contribution in [3.8, 4) is 0 Å². The molecule has 0 radical (unpaired) electrons. The first-order valence-electron chi connectivity index (χ1n) is 8.50. The third-order valence-corrected chi connectivity index (χ3v) is 4.98. The van der Waals surface area contributed by atoms with E-state index in [1.807, 2.05) is 4.90 Å². The van der Waals surface area contributed by atoms with E-state index in [0.29, 0.717) is 44.0 Å². The van der Waals surface area contributed by atoms with Gasteiger partial charge in [-0.05, 0) is 24.5 Å². The van der Waals surface area contributed by atoms with E-state index in [1.54, 1.807) is 4.90 Å². The second-order valence-corrected chi connectivity index (χ2v) is 6.65. The van der Waals surface area contributed by atoms with Crippen LogP contribution in [0.2, 0.25) is 0 Å². The average molecular weight is 365 g/mol. The minimum atomic E-state index is -4.49. The Bertz CT molecular complexity index is 861. The molecule has 9 heteroatoms. The Kier molecular flexibility index (Phi) is 3.89. The number of halogens is 3. The maximum Gasteiger partial charge on any atom is 0.433 e. The highest BCUT2D eigenvalue weighted by Crippen LogP contribution is 2.39. The smallest absolute Gasteiger partial charge is 0.338 e. The molecule has 0 saturated heterocycles. The van der Waals surface area contributed by atoms with Gasteiger partial charge in [0.1, 0.15) is 5.69 Å². The van der Waals surface area contributed by atoms with Gasteiger partial charge in [-0.25, -0.2) is 0 Å². The molecule has 0 unspecified atom stereocenters. The minimum Gasteiger partial charge on any atom is -0.338 e. The zero-order chi connectivity index (χ0) is 18.5. The number of aromatic nitrogens is 3. The van der Waals surface area contributed by atoms with Gasteiger partial charge >= 0.3 is 6.18 Å². The highest BCUT2D eigenvalue weighted by Gasteiger charge is 2.35. The largest absolute Gasteiger partial charge is 0.433 e. The van der Waals surface area contributed by atoms with Gasteiger partial charge < -0.3 is 9.80 Å². The third-order valence-electron chi connectivity index (χ3n) is 4.98. The van der Waals surface area contributed by atoms with E-state index in [1.165, 1.54) is 13.1 Å². The van der Waals surface area contributed by atoms with Crippen molar-refractivity contribution < 1.29 is 18.0 Å². The Hall–Kier alpha value is -2.58. The molecule has 0 aliphatic carbocycles. The minimum absolute atomic E-state index is 0.0228. The summed E-state index contributed by atoms with van der Waals surface area (Å²) in [7, 11) is 0. The fraction of sp³-hybridized carbons (Fsp3) is 0.471. The predicted octanol–water partition coefficient (Wildman–Crippen LogP) is 2.81. The molecular weight excluding hydrogens is 347 g/mol. The lowest BCUT2D eigenvalue weighted by Crippen LogP contribution is -2.35. The molecule has 0 fully saturated rings. The van der Waals surface area contributed by atoms with Crippen LogP contribution in [-0.4, -0.2) is 39.1 Å². The Labute approximate surface area is 148 Å². The summed E-state index contributed by atoms with van der Waals surface area (Å²) in [6.45, 7) is 3.12. The summed E-state index contributed by atoms with van der Waals surface area (Å²) >= 11 is 0. The summed E-state index contributed by atoms with van der Waals surface area (Å²) in [6.07, 6.45) is -1.03. The number of H-pyrrole nitrogens is 1. The first-order chi connectivity index (χ1) is 12.3. The molecule has 0 atom stereocenters. The van der Waals surface area contributed by atoms with Gasteiger partial charge in [0.15, 0.2) is 5.82 Å². The molecule has 0 bridgehead atoms. The fourth-order valence-corrected chi connectivity index (χ4v) is 3.61. The van der Waals surface area contributed by atoms with Gasteiger partial charge in [-0.15, -0.1) is 0 Å². The molecule has 0 aromatic carbocycles. The van der Waals surface area contributed by atoms with Gasteiger partial charge in [0.05, 0.1) is 6.54 Å². The van der Waals surface area contributed by atoms with Crippen molar-refractivity contribution in [2.45, 2.75) is 38.9 Å². The summed E-state index contributed by atoms with van der Waals surface area (Å²) in [5.74, 6) is 0.580. The van der Waals surface area contributed by atoms with Gasteiger partial charge in [0.2, 0.25) is 5.91 Å². The Morgan fingerprint density at radius 2 is 2.08 bits per heavy atom. The highest BCUT2D eigenvalue weighted by atomic mass is 19.4. The van der Waals surface area contributed by atoms with Crippen molar-refractivity contribution in [1.29, 1.82) is 0 Å². The van der Waals surface area contributed by atoms with E-state index < -0.39 is 11.9 Å². The monoisotopic (exact) mass is 365 g/mol. The number of pyridine rings is 1. The van der Waals surface area contributed by atoms with Crippen LogP contribution >= 0.6 is 0 Å². The van der Waals surface area contributed by atoms with Crippen molar-refractivity contribution in [3.63, 3.8) is 0 Å². The fourth-order valence-electron chi connectivity index (χ4n) is 3.61. The molecule has 4 rings (SSSR count). The first kappa shape index (κ1) is 16.9. The third kappa shape index (κ3) is 2.81. The van der Waals surface area contributed by atoms with E-state index in [-0.39, 0.29) is 5.91 Å². The SMILES string of the molecule is CC(=O)N1CCc2[nH]nc(N3CCCc4cnc(C(F)(F)F)cc43)c2C1. The number of anilines is 2. The van der Waals surface area contributed by atoms with Crippen LogP contribution in [0.5, 0.6) is 0 Å². The number of hydrogen-bond donors (Lipinski definition) is 1. The van der Waals surface area contributed by atoms with E-state index in [9.17, 15) is 18.0 Å². The number of hydrogen-bond acceptors (Lipinski definition) is 4. The molecule has 1 N–H and O–H groups in total. The maximum absolute atomic E-state index is 13.1. The zero-order valence-corrected chi connectivity index (χ0v) is 14.2. The number of carbonyl (C=O) groups is 1. The molecule has 2 aliphatic rings. The quantitative estimate of drug-likeness (QED) is 0.844. The van der Waals surface area contributed by atoms with Crippen LogP contribution < -0.4 is 4.90 Å². The number of carbonyl (C=O) groups excluding carboxylic acids is 1. The molecule has 2 aromatic heterocycles. The number of aryl methyl sites for hydroxylation is 1. The Morgan fingerprint density at radius 1 is 1.27 bits per heavy atom. The lowest BCUT2D eigenvalue weighted by molar-refractivity contribution is -0.141. The summed E-state index contributed by atoms with van der Waals surface area (Å²) in [5, 5.41) is 7.36. The summed E-state index contributed by atoms with van der Waals surface area (Å²) in [5.41, 5.74) is 2.19. The van der Waals surface area contributed by atoms with E-state index >= 15 is 0 Å². The van der Waals surface area contributed by atoms with Gasteiger partial charge in [0, 0.05) is 49.6 Å². The number of nitrogens with zero attached hydrogens (tertiary/aromatic N) is 4. The van der Waals surface area contributed by atoms with Crippen molar-refractivity contribution in [2.24, 2.45) is 0 Å². The van der Waals surface area contributed by atoms with E-state index in [2.05, 4.69) is 15.2 Å². The zero-order valence-electron chi connectivity index (χ0n) is 14.2. The highest BCUT2D eigenvalue weighted by molar-refractivity contribution is 5.75. The molecule has 2 aliphatic heterocycles. The Balaban J connectivity index is 1.76. The number of aromatic amines is 1. The summed E-state index contributed by atoms with van der Waals surface area (Å²) in [4.78, 5) is 18.8. The molecule has 6 nitrogen and oxygen atoms in total. The summed E-state index contributed by atoms with van der Waals surface area (Å²) in [6, 6.07) is 1.10. The van der Waals surface area contributed by atoms with Crippen molar-refractivity contribution >= 4 is 17.4 Å². The van der Waals surface area contributed by atoms with Gasteiger partial charge in [0.25, 0.3) is 0 Å². The lowest BCUT2D eigenvalue weighted by Gasteiger charge is -2.32. The van der Waals surface area contributed by atoms with Gasteiger partial charge in [-0.3, -0.25) is 14.9 Å². The number of amides is 1.